The highest BCUT2D eigenvalue weighted by Gasteiger charge is 2.49. The van der Waals surface area contributed by atoms with Gasteiger partial charge in [0.1, 0.15) is 12.4 Å². The van der Waals surface area contributed by atoms with Crippen LogP contribution in [-0.4, -0.2) is 42.0 Å². The molecule has 0 heterocycles. The maximum atomic E-state index is 13.2. The molecule has 2 saturated carbocycles. The van der Waals surface area contributed by atoms with E-state index < -0.39 is 6.10 Å². The van der Waals surface area contributed by atoms with Crippen LogP contribution >= 0.6 is 0 Å². The lowest BCUT2D eigenvalue weighted by Crippen LogP contribution is -2.33. The number of benzene rings is 3. The lowest BCUT2D eigenvalue weighted by Gasteiger charge is -2.23. The van der Waals surface area contributed by atoms with E-state index in [0.29, 0.717) is 43.8 Å². The molecular formula is C35H41NO5. The van der Waals surface area contributed by atoms with E-state index in [4.69, 9.17) is 9.47 Å². The summed E-state index contributed by atoms with van der Waals surface area (Å²) in [4.78, 5) is 15.0. The van der Waals surface area contributed by atoms with Crippen molar-refractivity contribution < 1.29 is 24.5 Å². The number of amides is 1. The number of ether oxygens (including phenoxy) is 2. The van der Waals surface area contributed by atoms with E-state index in [0.717, 1.165) is 42.7 Å². The maximum Gasteiger partial charge on any atom is 0.253 e. The molecule has 0 unspecified atom stereocenters. The van der Waals surface area contributed by atoms with Crippen molar-refractivity contribution in [3.05, 3.63) is 108 Å². The van der Waals surface area contributed by atoms with Gasteiger partial charge in [-0.05, 0) is 79.3 Å². The minimum atomic E-state index is -0.500. The Hall–Kier alpha value is -3.61. The fourth-order valence-electron chi connectivity index (χ4n) is 6.60. The summed E-state index contributed by atoms with van der Waals surface area (Å²) in [6.07, 6.45) is 5.51. The lowest BCUT2D eigenvalue weighted by atomic mass is 9.88. The van der Waals surface area contributed by atoms with Crippen molar-refractivity contribution in [1.29, 1.82) is 0 Å². The van der Waals surface area contributed by atoms with Crippen LogP contribution in [0.15, 0.2) is 103 Å². The number of hydrogen-bond acceptors (Lipinski definition) is 5. The molecule has 0 spiro atoms. The molecule has 5 rings (SSSR count). The smallest absolute Gasteiger partial charge is 0.253 e. The summed E-state index contributed by atoms with van der Waals surface area (Å²) in [5.74, 6) is 2.01. The largest absolute Gasteiger partial charge is 0.512 e. The molecule has 216 valence electrons. The topological polar surface area (TPSA) is 79.2 Å². The molecule has 3 aromatic rings. The minimum Gasteiger partial charge on any atom is -0.512 e. The number of nitrogens with zero attached hydrogens (tertiary/aromatic N) is 1. The number of hydrogen-bond donors (Lipinski definition) is 2. The van der Waals surface area contributed by atoms with Gasteiger partial charge in [0.05, 0.1) is 25.0 Å². The molecule has 0 saturated heterocycles. The van der Waals surface area contributed by atoms with Crippen LogP contribution in [0.1, 0.15) is 37.7 Å². The predicted octanol–water partition coefficient (Wildman–Crippen LogP) is 6.56. The average molecular weight is 556 g/mol. The molecule has 3 aromatic carbocycles. The van der Waals surface area contributed by atoms with E-state index in [1.807, 2.05) is 97.1 Å². The summed E-state index contributed by atoms with van der Waals surface area (Å²) in [7, 11) is 0. The summed E-state index contributed by atoms with van der Waals surface area (Å²) in [5, 5.41) is 21.6. The van der Waals surface area contributed by atoms with Gasteiger partial charge in [-0.3, -0.25) is 4.79 Å². The second-order valence-corrected chi connectivity index (χ2v) is 11.3. The quantitative estimate of drug-likeness (QED) is 0.184. The van der Waals surface area contributed by atoms with Crippen molar-refractivity contribution in [3.8, 4) is 5.75 Å². The van der Waals surface area contributed by atoms with Crippen LogP contribution in [-0.2, 0) is 16.1 Å². The van der Waals surface area contributed by atoms with Crippen molar-refractivity contribution in [2.75, 3.05) is 24.7 Å². The van der Waals surface area contributed by atoms with E-state index in [1.165, 1.54) is 0 Å². The Morgan fingerprint density at radius 3 is 2.29 bits per heavy atom. The van der Waals surface area contributed by atoms with Crippen molar-refractivity contribution in [2.24, 2.45) is 23.7 Å². The van der Waals surface area contributed by atoms with Gasteiger partial charge in [-0.2, -0.15) is 0 Å². The third kappa shape index (κ3) is 7.78. The number of rotatable bonds is 13. The molecule has 2 aliphatic carbocycles. The second kappa shape index (κ2) is 14.3. The Morgan fingerprint density at radius 1 is 0.878 bits per heavy atom. The van der Waals surface area contributed by atoms with E-state index >= 15 is 0 Å². The summed E-state index contributed by atoms with van der Waals surface area (Å²) in [6.45, 7) is 1.54. The van der Waals surface area contributed by atoms with E-state index in [2.05, 4.69) is 0 Å². The highest BCUT2D eigenvalue weighted by molar-refractivity contribution is 5.94. The minimum absolute atomic E-state index is 0.0389. The first-order chi connectivity index (χ1) is 20.1. The molecule has 2 aliphatic rings. The van der Waals surface area contributed by atoms with Gasteiger partial charge < -0.3 is 24.6 Å². The van der Waals surface area contributed by atoms with Crippen LogP contribution in [0.5, 0.6) is 5.75 Å². The number of fused-ring (bicyclic) bond motifs is 1. The van der Waals surface area contributed by atoms with Crippen LogP contribution in [0.4, 0.5) is 5.69 Å². The first-order valence-corrected chi connectivity index (χ1v) is 14.8. The van der Waals surface area contributed by atoms with E-state index in [1.54, 1.807) is 4.90 Å². The van der Waals surface area contributed by atoms with Gasteiger partial charge in [0, 0.05) is 24.6 Å². The summed E-state index contributed by atoms with van der Waals surface area (Å²) >= 11 is 0. The van der Waals surface area contributed by atoms with Gasteiger partial charge in [0.15, 0.2) is 0 Å². The van der Waals surface area contributed by atoms with Crippen molar-refractivity contribution >= 4 is 11.6 Å². The summed E-state index contributed by atoms with van der Waals surface area (Å²) in [6, 6.07) is 29.3. The molecule has 5 atom stereocenters. The number of anilines is 1. The molecule has 0 aliphatic heterocycles. The molecule has 0 radical (unpaired) electrons. The molecule has 0 aromatic heterocycles. The fourth-order valence-corrected chi connectivity index (χ4v) is 6.60. The standard InChI is InChI=1S/C35H41NO5/c37-32(17-10-19-41-30-15-8-3-9-16-30)35-31-22-27(21-28(31)23-33(35)38)18-20-40-25-34(39)36(29-13-6-2-7-14-29)24-26-11-4-1-5-12-26/h1-9,11-17,27-28,31,33,35,37-38H,10,18-25H2/t27-,28-,31+,33+,35-/m0/s1. The zero-order valence-corrected chi connectivity index (χ0v) is 23.6. The Bertz CT molecular complexity index is 1250. The zero-order valence-electron chi connectivity index (χ0n) is 23.6. The number of aliphatic hydroxyl groups is 2. The number of para-hydroxylation sites is 2. The first kappa shape index (κ1) is 28.9. The average Bonchev–Trinajstić information content (AvgIpc) is 3.53. The Labute approximate surface area is 243 Å². The fraction of sp³-hybridized carbons (Fsp3) is 0.400. The van der Waals surface area contributed by atoms with Crippen LogP contribution in [0.3, 0.4) is 0 Å². The number of carbonyl (C=O) groups is 1. The van der Waals surface area contributed by atoms with Crippen LogP contribution < -0.4 is 9.64 Å². The molecule has 0 bridgehead atoms. The zero-order chi connectivity index (χ0) is 28.4. The van der Waals surface area contributed by atoms with Crippen molar-refractivity contribution in [2.45, 2.75) is 44.8 Å². The Balaban J connectivity index is 1.07. The molecule has 2 N–H and O–H groups in total. The third-order valence-electron chi connectivity index (χ3n) is 8.54. The highest BCUT2D eigenvalue weighted by Crippen LogP contribution is 2.52. The third-order valence-corrected chi connectivity index (χ3v) is 8.54. The van der Waals surface area contributed by atoms with Gasteiger partial charge in [-0.25, -0.2) is 0 Å². The second-order valence-electron chi connectivity index (χ2n) is 11.3. The number of carbonyl (C=O) groups excluding carboxylic acids is 1. The van der Waals surface area contributed by atoms with Gasteiger partial charge in [0.2, 0.25) is 0 Å². The monoisotopic (exact) mass is 555 g/mol. The molecule has 6 heteroatoms. The maximum absolute atomic E-state index is 13.2. The van der Waals surface area contributed by atoms with Crippen LogP contribution in [0, 0.1) is 23.7 Å². The van der Waals surface area contributed by atoms with Gasteiger partial charge >= 0.3 is 0 Å². The van der Waals surface area contributed by atoms with Gasteiger partial charge in [0.25, 0.3) is 5.91 Å². The summed E-state index contributed by atoms with van der Waals surface area (Å²) in [5.41, 5.74) is 1.93. The molecule has 1 amide bonds. The summed E-state index contributed by atoms with van der Waals surface area (Å²) < 4.78 is 11.6. The predicted molar refractivity (Wildman–Crippen MR) is 161 cm³/mol. The van der Waals surface area contributed by atoms with Gasteiger partial charge in [-0.1, -0.05) is 66.7 Å². The van der Waals surface area contributed by atoms with Crippen LogP contribution in [0.2, 0.25) is 0 Å². The highest BCUT2D eigenvalue weighted by atomic mass is 16.5. The Morgan fingerprint density at radius 2 is 1.56 bits per heavy atom. The SMILES string of the molecule is O=C(COCC[C@H]1C[C@H]2C[C@@H](O)[C@H](C(O)=CCCOc3ccccc3)[C@@H]2C1)N(Cc1ccccc1)c1ccccc1. The van der Waals surface area contributed by atoms with Crippen molar-refractivity contribution in [1.82, 2.24) is 0 Å². The normalized spacial score (nSPS) is 23.7. The van der Waals surface area contributed by atoms with Crippen molar-refractivity contribution in [3.63, 3.8) is 0 Å². The van der Waals surface area contributed by atoms with E-state index in [9.17, 15) is 15.0 Å². The molecule has 41 heavy (non-hydrogen) atoms. The first-order valence-electron chi connectivity index (χ1n) is 14.8. The Kier molecular flexibility index (Phi) is 10.1. The molecule has 6 nitrogen and oxygen atoms in total. The van der Waals surface area contributed by atoms with Crippen LogP contribution in [0.25, 0.3) is 0 Å². The van der Waals surface area contributed by atoms with Gasteiger partial charge in [-0.15, -0.1) is 0 Å². The molecule has 2 fully saturated rings. The van der Waals surface area contributed by atoms with E-state index in [-0.39, 0.29) is 24.3 Å². The number of aliphatic hydroxyl groups excluding tert-OH is 2. The lowest BCUT2D eigenvalue weighted by molar-refractivity contribution is -0.123. The molecular weight excluding hydrogens is 514 g/mol.